The maximum Gasteiger partial charge on any atom is 0.192 e. The van der Waals surface area contributed by atoms with Gasteiger partial charge in [-0.3, -0.25) is 9.97 Å². The summed E-state index contributed by atoms with van der Waals surface area (Å²) in [6.45, 7) is 17.8. The largest absolute Gasteiger partial charge is 0.598 e. The highest BCUT2D eigenvalue weighted by Crippen LogP contribution is 2.37. The van der Waals surface area contributed by atoms with Gasteiger partial charge in [0.1, 0.15) is 4.75 Å². The molecule has 4 aromatic rings. The first kappa shape index (κ1) is 28.4. The summed E-state index contributed by atoms with van der Waals surface area (Å²) in [6, 6.07) is 12.0. The molecule has 0 spiro atoms. The molecule has 0 saturated carbocycles. The Morgan fingerprint density at radius 3 is 2.45 bits per heavy atom. The molecule has 38 heavy (non-hydrogen) atoms. The highest BCUT2D eigenvalue weighted by atomic mass is 32.2. The van der Waals surface area contributed by atoms with Gasteiger partial charge in [-0.25, -0.2) is 9.67 Å². The summed E-state index contributed by atoms with van der Waals surface area (Å²) in [6.07, 6.45) is 5.30. The zero-order valence-corrected chi connectivity index (χ0v) is 25.4. The molecule has 1 unspecified atom stereocenters. The van der Waals surface area contributed by atoms with Gasteiger partial charge in [0.05, 0.1) is 54.3 Å². The minimum Gasteiger partial charge on any atom is -0.598 e. The lowest BCUT2D eigenvalue weighted by Gasteiger charge is -2.36. The summed E-state index contributed by atoms with van der Waals surface area (Å²) in [4.78, 5) is 14.0. The van der Waals surface area contributed by atoms with Crippen molar-refractivity contribution in [3.63, 3.8) is 0 Å². The Morgan fingerprint density at radius 2 is 1.74 bits per heavy atom. The van der Waals surface area contributed by atoms with Gasteiger partial charge < -0.3 is 8.98 Å². The van der Waals surface area contributed by atoms with Crippen LogP contribution in [0.25, 0.3) is 28.0 Å². The fourth-order valence-electron chi connectivity index (χ4n) is 3.49. The van der Waals surface area contributed by atoms with Gasteiger partial charge in [0.2, 0.25) is 0 Å². The van der Waals surface area contributed by atoms with Crippen molar-refractivity contribution in [3.8, 4) is 17.1 Å². The number of nitrogens with one attached hydrogen (secondary N) is 1. The van der Waals surface area contributed by atoms with Crippen LogP contribution < -0.4 is 4.72 Å². The molecule has 3 aromatic heterocycles. The predicted molar refractivity (Wildman–Crippen MR) is 157 cm³/mol. The number of pyridine rings is 1. The Kier molecular flexibility index (Phi) is 8.11. The Labute approximate surface area is 229 Å². The lowest BCUT2D eigenvalue weighted by Crippen LogP contribution is -2.40. The van der Waals surface area contributed by atoms with Crippen LogP contribution in [-0.4, -0.2) is 42.3 Å². The van der Waals surface area contributed by atoms with Gasteiger partial charge >= 0.3 is 0 Å². The second kappa shape index (κ2) is 10.9. The molecule has 1 aromatic carbocycles. The molecule has 8 nitrogen and oxygen atoms in total. The van der Waals surface area contributed by atoms with Crippen LogP contribution in [0.5, 0.6) is 0 Å². The van der Waals surface area contributed by atoms with Crippen LogP contribution in [0.15, 0.2) is 55.0 Å². The van der Waals surface area contributed by atoms with Gasteiger partial charge in [-0.1, -0.05) is 39.0 Å². The van der Waals surface area contributed by atoms with E-state index in [1.54, 1.807) is 17.1 Å². The molecule has 0 aliphatic carbocycles. The van der Waals surface area contributed by atoms with Crippen molar-refractivity contribution in [1.29, 1.82) is 0 Å². The predicted octanol–water partition coefficient (Wildman–Crippen LogP) is 5.95. The van der Waals surface area contributed by atoms with Crippen LogP contribution in [-0.2, 0) is 28.9 Å². The SMILES string of the molecule is CC(C)(C)[S+]([O-])NCc1cccc(-c2ccc3cnn(-c4cncc(CO[Si](C)(C)C(C)(C)C)n4)c3c2)n1. The van der Waals surface area contributed by atoms with Gasteiger partial charge in [-0.05, 0) is 57.1 Å². The van der Waals surface area contributed by atoms with Crippen molar-refractivity contribution in [3.05, 3.63) is 66.4 Å². The lowest BCUT2D eigenvalue weighted by molar-refractivity contribution is 0.271. The molecular formula is C28H38N6O2SSi. The normalized spacial score (nSPS) is 13.7. The minimum absolute atomic E-state index is 0.123. The molecule has 0 saturated heterocycles. The first-order chi connectivity index (χ1) is 17.7. The molecule has 0 aliphatic rings. The molecule has 0 fully saturated rings. The summed E-state index contributed by atoms with van der Waals surface area (Å²) in [5.41, 5.74) is 4.32. The van der Waals surface area contributed by atoms with E-state index in [0.29, 0.717) is 19.0 Å². The molecule has 0 amide bonds. The number of hydrogen-bond acceptors (Lipinski definition) is 7. The Morgan fingerprint density at radius 1 is 0.974 bits per heavy atom. The molecule has 0 radical (unpaired) electrons. The van der Waals surface area contributed by atoms with Crippen LogP contribution in [0.3, 0.4) is 0 Å². The van der Waals surface area contributed by atoms with E-state index in [9.17, 15) is 4.55 Å². The quantitative estimate of drug-likeness (QED) is 0.214. The van der Waals surface area contributed by atoms with Gasteiger partial charge in [0.15, 0.2) is 14.1 Å². The van der Waals surface area contributed by atoms with Gasteiger partial charge in [-0.15, -0.1) is 4.72 Å². The number of fused-ring (bicyclic) bond motifs is 1. The number of aromatic nitrogens is 5. The summed E-state index contributed by atoms with van der Waals surface area (Å²) < 4.78 is 23.3. The average Bonchev–Trinajstić information content (AvgIpc) is 3.28. The van der Waals surface area contributed by atoms with Crippen LogP contribution in [0.4, 0.5) is 0 Å². The topological polar surface area (TPSA) is 101 Å². The fraction of sp³-hybridized carbons (Fsp3) is 0.429. The van der Waals surface area contributed by atoms with Crippen molar-refractivity contribution in [2.75, 3.05) is 0 Å². The van der Waals surface area contributed by atoms with E-state index in [2.05, 4.69) is 54.7 Å². The zero-order valence-electron chi connectivity index (χ0n) is 23.6. The van der Waals surface area contributed by atoms with Crippen LogP contribution in [0.2, 0.25) is 18.1 Å². The number of benzene rings is 1. The van der Waals surface area contributed by atoms with Gasteiger partial charge in [0, 0.05) is 22.3 Å². The number of rotatable bonds is 8. The maximum absolute atomic E-state index is 12.4. The van der Waals surface area contributed by atoms with E-state index in [1.807, 2.05) is 57.3 Å². The Hall–Kier alpha value is -2.63. The third-order valence-electron chi connectivity index (χ3n) is 6.89. The van der Waals surface area contributed by atoms with Crippen molar-refractivity contribution in [2.24, 2.45) is 0 Å². The van der Waals surface area contributed by atoms with Crippen molar-refractivity contribution < 1.29 is 8.98 Å². The third kappa shape index (κ3) is 6.49. The van der Waals surface area contributed by atoms with E-state index in [4.69, 9.17) is 14.4 Å². The second-order valence-corrected chi connectivity index (χ2v) is 18.8. The lowest BCUT2D eigenvalue weighted by atomic mass is 10.1. The standard InChI is InChI=1S/C28H38N6O2SSi/c1-27(2,3)37(35)31-17-22-10-9-11-24(32-22)20-12-13-21-15-30-34(25(21)14-20)26-18-29-16-23(33-26)19-36-38(7,8)28(4,5)6/h9-16,18,31H,17,19H2,1-8H3. The summed E-state index contributed by atoms with van der Waals surface area (Å²) >= 11 is -1.16. The van der Waals surface area contributed by atoms with Crippen molar-refractivity contribution in [2.45, 2.75) is 77.6 Å². The summed E-state index contributed by atoms with van der Waals surface area (Å²) in [7, 11) is -1.91. The van der Waals surface area contributed by atoms with Gasteiger partial charge in [-0.2, -0.15) is 5.10 Å². The Bertz CT molecular complexity index is 1410. The zero-order chi connectivity index (χ0) is 27.7. The van der Waals surface area contributed by atoms with Crippen molar-refractivity contribution >= 4 is 30.6 Å². The van der Waals surface area contributed by atoms with E-state index in [0.717, 1.165) is 33.5 Å². The molecule has 0 aliphatic heterocycles. The highest BCUT2D eigenvalue weighted by Gasteiger charge is 2.37. The van der Waals surface area contributed by atoms with Crippen molar-refractivity contribution in [1.82, 2.24) is 29.5 Å². The van der Waals surface area contributed by atoms with Crippen LogP contribution in [0.1, 0.15) is 52.9 Å². The smallest absolute Gasteiger partial charge is 0.192 e. The summed E-state index contributed by atoms with van der Waals surface area (Å²) in [5, 5.41) is 5.72. The van der Waals surface area contributed by atoms with E-state index in [-0.39, 0.29) is 9.79 Å². The highest BCUT2D eigenvalue weighted by molar-refractivity contribution is 7.90. The maximum atomic E-state index is 12.4. The molecule has 1 atom stereocenters. The van der Waals surface area contributed by atoms with Gasteiger partial charge in [0.25, 0.3) is 0 Å². The monoisotopic (exact) mass is 550 g/mol. The molecular weight excluding hydrogens is 513 g/mol. The Balaban J connectivity index is 1.58. The van der Waals surface area contributed by atoms with E-state index in [1.165, 1.54) is 0 Å². The fourth-order valence-corrected chi connectivity index (χ4v) is 5.15. The molecule has 202 valence electrons. The van der Waals surface area contributed by atoms with Crippen LogP contribution in [0, 0.1) is 0 Å². The molecule has 0 bridgehead atoms. The average molecular weight is 551 g/mol. The number of nitrogens with zero attached hydrogens (tertiary/aromatic N) is 5. The third-order valence-corrected chi connectivity index (χ3v) is 12.9. The van der Waals surface area contributed by atoms with E-state index >= 15 is 0 Å². The molecule has 10 heteroatoms. The first-order valence-corrected chi connectivity index (χ1v) is 16.9. The molecule has 1 N–H and O–H groups in total. The first-order valence-electron chi connectivity index (χ1n) is 12.8. The van der Waals surface area contributed by atoms with E-state index < -0.39 is 19.7 Å². The summed E-state index contributed by atoms with van der Waals surface area (Å²) in [5.74, 6) is 0.643. The number of hydrogen-bond donors (Lipinski definition) is 1. The second-order valence-electron chi connectivity index (χ2n) is 12.0. The van der Waals surface area contributed by atoms with Crippen LogP contribution >= 0.6 is 0 Å². The molecule has 3 heterocycles. The molecule has 4 rings (SSSR count). The minimum atomic E-state index is -1.91.